The van der Waals surface area contributed by atoms with Crippen LogP contribution in [0.4, 0.5) is 18.9 Å². The molecule has 1 aliphatic rings. The van der Waals surface area contributed by atoms with Crippen molar-refractivity contribution < 1.29 is 22.8 Å². The number of benzene rings is 1. The van der Waals surface area contributed by atoms with E-state index in [0.29, 0.717) is 18.7 Å². The molecule has 0 aliphatic carbocycles. The van der Waals surface area contributed by atoms with Crippen LogP contribution in [0.2, 0.25) is 0 Å². The Morgan fingerprint density at radius 3 is 2.24 bits per heavy atom. The minimum absolute atomic E-state index is 0.0858. The Kier molecular flexibility index (Phi) is 4.07. The predicted octanol–water partition coefficient (Wildman–Crippen LogP) is 3.28. The van der Waals surface area contributed by atoms with Crippen molar-refractivity contribution in [3.05, 3.63) is 29.8 Å². The third kappa shape index (κ3) is 2.94. The summed E-state index contributed by atoms with van der Waals surface area (Å²) in [6, 6.07) is 4.45. The molecule has 2 rings (SSSR count). The molecule has 0 radical (unpaired) electrons. The van der Waals surface area contributed by atoms with E-state index >= 15 is 0 Å². The SMILES string of the molecule is CCC1CN(c2ccc(C(F)(F)F)cc2)C(=O)C1C(C)=O. The lowest BCUT2D eigenvalue weighted by Crippen LogP contribution is -2.29. The Morgan fingerprint density at radius 2 is 1.86 bits per heavy atom. The van der Waals surface area contributed by atoms with E-state index < -0.39 is 17.7 Å². The van der Waals surface area contributed by atoms with Gasteiger partial charge in [0.1, 0.15) is 11.7 Å². The molecule has 1 aromatic carbocycles. The maximum atomic E-state index is 12.5. The molecular weight excluding hydrogens is 283 g/mol. The summed E-state index contributed by atoms with van der Waals surface area (Å²) in [5.41, 5.74) is -0.358. The molecule has 0 aromatic heterocycles. The summed E-state index contributed by atoms with van der Waals surface area (Å²) in [5, 5.41) is 0. The van der Waals surface area contributed by atoms with Gasteiger partial charge < -0.3 is 4.90 Å². The summed E-state index contributed by atoms with van der Waals surface area (Å²) < 4.78 is 37.6. The molecule has 1 heterocycles. The second-order valence-corrected chi connectivity index (χ2v) is 5.25. The van der Waals surface area contributed by atoms with Crippen molar-refractivity contribution in [2.24, 2.45) is 11.8 Å². The van der Waals surface area contributed by atoms with Gasteiger partial charge in [-0.05, 0) is 37.1 Å². The van der Waals surface area contributed by atoms with Gasteiger partial charge in [0.25, 0.3) is 0 Å². The highest BCUT2D eigenvalue weighted by molar-refractivity contribution is 6.10. The maximum Gasteiger partial charge on any atom is 0.416 e. The van der Waals surface area contributed by atoms with Crippen molar-refractivity contribution in [1.29, 1.82) is 0 Å². The van der Waals surface area contributed by atoms with Gasteiger partial charge in [0.2, 0.25) is 5.91 Å². The van der Waals surface area contributed by atoms with Gasteiger partial charge in [0.05, 0.1) is 5.56 Å². The molecule has 3 nitrogen and oxygen atoms in total. The summed E-state index contributed by atoms with van der Waals surface area (Å²) in [7, 11) is 0. The summed E-state index contributed by atoms with van der Waals surface area (Å²) >= 11 is 0. The predicted molar refractivity (Wildman–Crippen MR) is 71.7 cm³/mol. The molecule has 1 aromatic rings. The van der Waals surface area contributed by atoms with Crippen molar-refractivity contribution >= 4 is 17.4 Å². The van der Waals surface area contributed by atoms with Crippen molar-refractivity contribution in [2.75, 3.05) is 11.4 Å². The molecule has 21 heavy (non-hydrogen) atoms. The number of Topliss-reactive ketones (excluding diaryl/α,β-unsaturated/α-hetero) is 1. The van der Waals surface area contributed by atoms with E-state index in [1.54, 1.807) is 0 Å². The number of amides is 1. The first-order valence-electron chi connectivity index (χ1n) is 6.74. The van der Waals surface area contributed by atoms with E-state index in [4.69, 9.17) is 0 Å². The zero-order valence-corrected chi connectivity index (χ0v) is 11.8. The van der Waals surface area contributed by atoms with Crippen LogP contribution in [0.15, 0.2) is 24.3 Å². The van der Waals surface area contributed by atoms with Crippen molar-refractivity contribution in [3.63, 3.8) is 0 Å². The highest BCUT2D eigenvalue weighted by atomic mass is 19.4. The lowest BCUT2D eigenvalue weighted by molar-refractivity contribution is -0.137. The second kappa shape index (κ2) is 5.50. The number of alkyl halides is 3. The van der Waals surface area contributed by atoms with Gasteiger partial charge in [0, 0.05) is 12.2 Å². The van der Waals surface area contributed by atoms with Crippen LogP contribution >= 0.6 is 0 Å². The van der Waals surface area contributed by atoms with Crippen molar-refractivity contribution in [1.82, 2.24) is 0 Å². The Bertz CT molecular complexity index is 551. The molecule has 6 heteroatoms. The van der Waals surface area contributed by atoms with Crippen LogP contribution in [0.3, 0.4) is 0 Å². The Balaban J connectivity index is 2.27. The summed E-state index contributed by atoms with van der Waals surface area (Å²) in [5.74, 6) is -1.29. The fraction of sp³-hybridized carbons (Fsp3) is 0.467. The fourth-order valence-corrected chi connectivity index (χ4v) is 2.73. The lowest BCUT2D eigenvalue weighted by Gasteiger charge is -2.17. The number of ketones is 1. The standard InChI is InChI=1S/C15H16F3NO2/c1-3-10-8-19(14(21)13(10)9(2)20)12-6-4-11(5-7-12)15(16,17)18/h4-7,10,13H,3,8H2,1-2H3. The highest BCUT2D eigenvalue weighted by Crippen LogP contribution is 2.34. The van der Waals surface area contributed by atoms with Gasteiger partial charge in [-0.3, -0.25) is 9.59 Å². The quantitative estimate of drug-likeness (QED) is 0.803. The number of hydrogen-bond donors (Lipinski definition) is 0. The topological polar surface area (TPSA) is 37.4 Å². The fourth-order valence-electron chi connectivity index (χ4n) is 2.73. The molecule has 1 fully saturated rings. The molecule has 0 spiro atoms. The van der Waals surface area contributed by atoms with E-state index in [-0.39, 0.29) is 17.6 Å². The van der Waals surface area contributed by atoms with Gasteiger partial charge in [-0.15, -0.1) is 0 Å². The van der Waals surface area contributed by atoms with Gasteiger partial charge in [-0.2, -0.15) is 13.2 Å². The number of rotatable bonds is 3. The van der Waals surface area contributed by atoms with Gasteiger partial charge >= 0.3 is 6.18 Å². The van der Waals surface area contributed by atoms with E-state index in [1.807, 2.05) is 6.92 Å². The zero-order valence-electron chi connectivity index (χ0n) is 11.8. The minimum atomic E-state index is -4.40. The number of nitrogens with zero attached hydrogens (tertiary/aromatic N) is 1. The highest BCUT2D eigenvalue weighted by Gasteiger charge is 2.42. The largest absolute Gasteiger partial charge is 0.416 e. The molecule has 0 bridgehead atoms. The number of carbonyl (C=O) groups is 2. The van der Waals surface area contributed by atoms with Crippen LogP contribution in [-0.2, 0) is 15.8 Å². The number of anilines is 1. The number of halogens is 3. The molecule has 2 unspecified atom stereocenters. The summed E-state index contributed by atoms with van der Waals surface area (Å²) in [6.45, 7) is 3.64. The third-order valence-electron chi connectivity index (χ3n) is 3.89. The molecule has 114 valence electrons. The molecule has 1 saturated heterocycles. The van der Waals surface area contributed by atoms with Crippen LogP contribution in [0.5, 0.6) is 0 Å². The normalized spacial score (nSPS) is 22.7. The average molecular weight is 299 g/mol. The van der Waals surface area contributed by atoms with Crippen LogP contribution < -0.4 is 4.90 Å². The second-order valence-electron chi connectivity index (χ2n) is 5.25. The molecular formula is C15H16F3NO2. The van der Waals surface area contributed by atoms with Crippen LogP contribution in [-0.4, -0.2) is 18.2 Å². The first-order chi connectivity index (χ1) is 9.75. The smallest absolute Gasteiger partial charge is 0.311 e. The van der Waals surface area contributed by atoms with Crippen molar-refractivity contribution in [3.8, 4) is 0 Å². The zero-order chi connectivity index (χ0) is 15.8. The Morgan fingerprint density at radius 1 is 1.29 bits per heavy atom. The van der Waals surface area contributed by atoms with E-state index in [9.17, 15) is 22.8 Å². The van der Waals surface area contributed by atoms with Gasteiger partial charge in [0.15, 0.2) is 0 Å². The monoisotopic (exact) mass is 299 g/mol. The van der Waals surface area contributed by atoms with E-state index in [1.165, 1.54) is 24.0 Å². The van der Waals surface area contributed by atoms with Gasteiger partial charge in [-0.25, -0.2) is 0 Å². The van der Waals surface area contributed by atoms with Crippen LogP contribution in [0.1, 0.15) is 25.8 Å². The first-order valence-corrected chi connectivity index (χ1v) is 6.74. The third-order valence-corrected chi connectivity index (χ3v) is 3.89. The summed E-state index contributed by atoms with van der Waals surface area (Å²) in [6.07, 6.45) is -3.73. The van der Waals surface area contributed by atoms with Gasteiger partial charge in [-0.1, -0.05) is 13.3 Å². The Labute approximate surface area is 120 Å². The van der Waals surface area contributed by atoms with Crippen LogP contribution in [0.25, 0.3) is 0 Å². The van der Waals surface area contributed by atoms with E-state index in [2.05, 4.69) is 0 Å². The number of hydrogen-bond acceptors (Lipinski definition) is 2. The molecule has 2 atom stereocenters. The average Bonchev–Trinajstić information content (AvgIpc) is 2.75. The Hall–Kier alpha value is -1.85. The lowest BCUT2D eigenvalue weighted by atomic mass is 9.90. The minimum Gasteiger partial charge on any atom is -0.311 e. The maximum absolute atomic E-state index is 12.5. The first kappa shape index (κ1) is 15.5. The summed E-state index contributed by atoms with van der Waals surface area (Å²) in [4.78, 5) is 25.3. The van der Waals surface area contributed by atoms with Crippen molar-refractivity contribution in [2.45, 2.75) is 26.4 Å². The van der Waals surface area contributed by atoms with Crippen LogP contribution in [0, 0.1) is 11.8 Å². The number of carbonyl (C=O) groups excluding carboxylic acids is 2. The molecule has 1 aliphatic heterocycles. The van der Waals surface area contributed by atoms with E-state index in [0.717, 1.165) is 12.1 Å². The molecule has 0 saturated carbocycles. The molecule has 1 amide bonds. The molecule has 0 N–H and O–H groups in total.